The van der Waals surface area contributed by atoms with Crippen molar-refractivity contribution < 1.29 is 194 Å². The standard InChI is InChI=1S/C23H18F6N4O4.C22H16F6N4O4.C15H10F6N2O2.C15H7F6NO.C8H3F4N.C7H5F3O/c1-21(2)19(34)33(20(35)32(21)3)11-17-30-18(31-37-17)12-8-9-16(14(10-12)23(27,28)29)36-15-7-5-4-6-13(15)22(24,25)26;1-20(2)18(33)32(19(34)30-20)10-16-29-17(31-36-16)11-7-8-15(13(9-11)22(26,27)28)35-14-6-4-3-5-12(14)21(23,24)25;16-14(17,18)9-3-1-2-4-11(9)25-12-6-5-8(13(22)23-24)7-10(12)15(19,20)21;16-14(17,18)10-3-1-2-4-12(10)23-13-6-5-9(8-22)7-11(13)15(19,20)21;9-7-2-1-5(4-13)3-6(7)8(10,11)12;8-7(9,10)5-3-1-2-4-6(5)11/h4-10H,11H2,1-3H3;3-9H,10H2,1-2H3,(H,30,34);1-7,24H,(H2,22,23);1-7H;1-3H;1-4,11H. The number of para-hydroxylation sites is 5. The second kappa shape index (κ2) is 43.1. The molecule has 2 fully saturated rings. The van der Waals surface area contributed by atoms with E-state index >= 15 is 0 Å². The minimum Gasteiger partial charge on any atom is -0.507 e. The minimum absolute atomic E-state index is 0.185. The zero-order chi connectivity index (χ0) is 108. The van der Waals surface area contributed by atoms with Crippen molar-refractivity contribution in [2.75, 3.05) is 7.05 Å². The van der Waals surface area contributed by atoms with Gasteiger partial charge in [-0.2, -0.15) is 152 Å². The number of carbonyl (C=O) groups excluding carboxylic acids is 4. The first-order valence-corrected chi connectivity index (χ1v) is 39.5. The van der Waals surface area contributed by atoms with Crippen molar-refractivity contribution in [3.63, 3.8) is 0 Å². The number of aromatic hydroxyl groups is 1. The Morgan fingerprint density at radius 1 is 0.393 bits per heavy atom. The summed E-state index contributed by atoms with van der Waals surface area (Å²) >= 11 is 0. The number of halogens is 31. The van der Waals surface area contributed by atoms with Crippen molar-refractivity contribution in [2.45, 2.75) is 114 Å². The van der Waals surface area contributed by atoms with E-state index in [1.165, 1.54) is 74.3 Å². The first-order valence-electron chi connectivity index (χ1n) is 39.5. The number of nitrogens with zero attached hydrogens (tertiary/aromatic N) is 10. The van der Waals surface area contributed by atoms with Crippen molar-refractivity contribution in [3.05, 3.63) is 302 Å². The van der Waals surface area contributed by atoms with Crippen LogP contribution in [0.15, 0.2) is 227 Å². The van der Waals surface area contributed by atoms with Crippen molar-refractivity contribution in [1.29, 1.82) is 10.5 Å². The molecule has 0 atom stereocenters. The Morgan fingerprint density at radius 2 is 0.690 bits per heavy atom. The molecule has 145 heavy (non-hydrogen) atoms. The zero-order valence-electron chi connectivity index (χ0n) is 72.9. The summed E-state index contributed by atoms with van der Waals surface area (Å²) in [6.07, 6.45) is -48.3. The van der Waals surface area contributed by atoms with E-state index < -0.39 is 229 Å². The van der Waals surface area contributed by atoms with Gasteiger partial charge in [-0.15, -0.1) is 0 Å². The largest absolute Gasteiger partial charge is 0.507 e. The molecule has 2 saturated heterocycles. The van der Waals surface area contributed by atoms with Crippen LogP contribution in [0.1, 0.15) is 112 Å². The molecule has 0 saturated carbocycles. The number of phenols is 1. The predicted molar refractivity (Wildman–Crippen MR) is 436 cm³/mol. The highest BCUT2D eigenvalue weighted by Gasteiger charge is 2.51. The molecule has 2 aliphatic rings. The molecule has 10 aromatic carbocycles. The fourth-order valence-electron chi connectivity index (χ4n) is 12.3. The van der Waals surface area contributed by atoms with Crippen LogP contribution >= 0.6 is 0 Å². The number of alkyl halides is 30. The molecule has 5 N–H and O–H groups in total. The molecule has 768 valence electrons. The van der Waals surface area contributed by atoms with Crippen LogP contribution in [0.4, 0.5) is 146 Å². The molecular weight excluding hydrogens is 2030 g/mol. The number of amides is 6. The fourth-order valence-corrected chi connectivity index (χ4v) is 12.3. The van der Waals surface area contributed by atoms with Crippen LogP contribution in [0.5, 0.6) is 51.7 Å². The molecule has 24 nitrogen and oxygen atoms in total. The Balaban J connectivity index is 0.000000202. The Hall–Kier alpha value is -16.6. The van der Waals surface area contributed by atoms with E-state index in [9.17, 15) is 155 Å². The third-order valence-corrected chi connectivity index (χ3v) is 19.5. The van der Waals surface area contributed by atoms with Crippen LogP contribution in [0, 0.1) is 28.5 Å². The second-order valence-corrected chi connectivity index (χ2v) is 30.4. The average molecular weight is 2090 g/mol. The lowest BCUT2D eigenvalue weighted by Crippen LogP contribution is -2.41. The topological polar surface area (TPSA) is 331 Å². The van der Waals surface area contributed by atoms with E-state index in [4.69, 9.17) is 54.6 Å². The highest BCUT2D eigenvalue weighted by molar-refractivity contribution is 6.07. The average Bonchev–Trinajstić information content (AvgIpc) is 1.59. The number of ether oxygens (including phenoxy) is 4. The van der Waals surface area contributed by atoms with E-state index in [2.05, 4.69) is 30.8 Å². The molecule has 0 aliphatic carbocycles. The number of urea groups is 2. The molecule has 0 unspecified atom stereocenters. The van der Waals surface area contributed by atoms with Gasteiger partial charge in [-0.3, -0.25) is 19.4 Å². The van der Waals surface area contributed by atoms with Crippen LogP contribution in [0.2, 0.25) is 0 Å². The maximum Gasteiger partial charge on any atom is 0.420 e. The molecule has 0 bridgehead atoms. The highest BCUT2D eigenvalue weighted by atomic mass is 19.4. The third kappa shape index (κ3) is 28.2. The summed E-state index contributed by atoms with van der Waals surface area (Å²) in [6, 6.07) is 33.5. The van der Waals surface area contributed by atoms with Gasteiger partial charge in [0.2, 0.25) is 23.4 Å². The van der Waals surface area contributed by atoms with Gasteiger partial charge in [0.25, 0.3) is 11.8 Å². The number of rotatable bonds is 15. The number of nitrogens with two attached hydrogens (primary N) is 1. The summed E-state index contributed by atoms with van der Waals surface area (Å²) in [4.78, 5) is 60.0. The van der Waals surface area contributed by atoms with E-state index in [1.54, 1.807) is 13.8 Å². The number of hydrogen-bond donors (Lipinski definition) is 4. The van der Waals surface area contributed by atoms with E-state index in [0.29, 0.717) is 60.7 Å². The molecule has 0 spiro atoms. The second-order valence-electron chi connectivity index (χ2n) is 30.4. The van der Waals surface area contributed by atoms with Gasteiger partial charge < -0.3 is 54.3 Å². The van der Waals surface area contributed by atoms with Gasteiger partial charge in [-0.25, -0.2) is 14.0 Å². The number of nitrogens with one attached hydrogen (secondary N) is 1. The van der Waals surface area contributed by atoms with Gasteiger partial charge in [0.05, 0.1) is 78.9 Å². The minimum atomic E-state index is -5.00. The fraction of sp³-hybridized carbons (Fsp3) is 0.211. The summed E-state index contributed by atoms with van der Waals surface area (Å²) in [5.41, 5.74) is -10.9. The van der Waals surface area contributed by atoms with E-state index in [0.717, 1.165) is 125 Å². The lowest BCUT2D eigenvalue weighted by Gasteiger charge is -2.22. The number of amidine groups is 1. The first kappa shape index (κ1) is 112. The smallest absolute Gasteiger partial charge is 0.420 e. The Labute approximate surface area is 792 Å². The lowest BCUT2D eigenvalue weighted by atomic mass is 10.1. The first-order chi connectivity index (χ1) is 66.9. The monoisotopic (exact) mass is 2090 g/mol. The Kier molecular flexibility index (Phi) is 33.3. The van der Waals surface area contributed by atoms with Crippen molar-refractivity contribution in [2.24, 2.45) is 10.9 Å². The SMILES string of the molecule is CC1(C)NC(=O)N(Cc2nc(-c3ccc(Oc4ccccc4C(F)(F)F)c(C(F)(F)F)c3)no2)C1=O.CN1C(=O)N(Cc2nc(-c3ccc(Oc4ccccc4C(F)(F)F)c(C(F)(F)F)c3)no2)C(=O)C1(C)C.N#Cc1ccc(F)c(C(F)(F)F)c1.N#Cc1ccc(Oc2ccccc2C(F)(F)F)c(C(F)(F)F)c1.N/C(=N\O)c1ccc(Oc2ccccc2C(F)(F)F)c(C(F)(F)F)c1.Oc1ccccc1C(F)(F)F. The summed E-state index contributed by atoms with van der Waals surface area (Å²) in [7, 11) is 1.44. The number of hydrogen-bond acceptors (Lipinski definition) is 19. The number of imide groups is 2. The molecule has 0 radical (unpaired) electrons. The van der Waals surface area contributed by atoms with Gasteiger partial charge in [0.15, 0.2) is 5.84 Å². The number of phenolic OH excluding ortho intramolecular Hbond substituents is 1. The number of oxime groups is 1. The normalized spacial score (nSPS) is 14.0. The Bertz CT molecular complexity index is 6850. The number of aromatic nitrogens is 4. The Morgan fingerprint density at radius 3 is 1.00 bits per heavy atom. The summed E-state index contributed by atoms with van der Waals surface area (Å²) < 4.78 is 432. The lowest BCUT2D eigenvalue weighted by molar-refractivity contribution is -0.141. The van der Waals surface area contributed by atoms with Crippen LogP contribution in [-0.4, -0.2) is 93.1 Å². The predicted octanol–water partition coefficient (Wildman–Crippen LogP) is 26.3. The summed E-state index contributed by atoms with van der Waals surface area (Å²) in [6.45, 7) is 5.25. The van der Waals surface area contributed by atoms with E-state index in [1.807, 2.05) is 0 Å². The number of nitriles is 2. The highest BCUT2D eigenvalue weighted by Crippen LogP contribution is 2.50. The van der Waals surface area contributed by atoms with Crippen molar-refractivity contribution in [1.82, 2.24) is 40.3 Å². The van der Waals surface area contributed by atoms with Gasteiger partial charge in [0.1, 0.15) is 81.7 Å². The summed E-state index contributed by atoms with van der Waals surface area (Å²) in [5.74, 6) is -11.4. The van der Waals surface area contributed by atoms with Gasteiger partial charge >= 0.3 is 73.8 Å². The van der Waals surface area contributed by atoms with Crippen LogP contribution in [0.3, 0.4) is 0 Å². The molecule has 2 aliphatic heterocycles. The van der Waals surface area contributed by atoms with Crippen LogP contribution in [0.25, 0.3) is 22.8 Å². The number of carbonyl (C=O) groups is 4. The van der Waals surface area contributed by atoms with E-state index in [-0.39, 0.29) is 51.2 Å². The molecule has 14 rings (SSSR count). The third-order valence-electron chi connectivity index (χ3n) is 19.5. The van der Waals surface area contributed by atoms with Gasteiger partial charge in [0, 0.05) is 23.7 Å². The molecule has 55 heteroatoms. The molecule has 12 aromatic rings. The van der Waals surface area contributed by atoms with Crippen molar-refractivity contribution >= 4 is 29.7 Å². The molecule has 6 amide bonds. The van der Waals surface area contributed by atoms with Gasteiger partial charge in [-0.1, -0.05) is 76.1 Å². The maximum atomic E-state index is 13.8. The number of benzene rings is 10. The molecular formula is C90H59F31N12O12. The van der Waals surface area contributed by atoms with Crippen molar-refractivity contribution in [3.8, 4) is 86.7 Å². The maximum absolute atomic E-state index is 13.8. The quantitative estimate of drug-likeness (QED) is 0.0185. The summed E-state index contributed by atoms with van der Waals surface area (Å²) in [5, 5.41) is 46.4. The van der Waals surface area contributed by atoms with Crippen LogP contribution < -0.4 is 30.0 Å². The van der Waals surface area contributed by atoms with Crippen LogP contribution in [-0.2, 0) is 84.4 Å². The van der Waals surface area contributed by atoms with Gasteiger partial charge in [-0.05, 0) is 179 Å². The zero-order valence-corrected chi connectivity index (χ0v) is 72.9. The molecule has 4 heterocycles. The molecule has 2 aromatic heterocycles. The number of likely N-dealkylation sites (N-methyl/N-ethyl adjacent to an activating group) is 1.